The minimum atomic E-state index is -0.464. The van der Waals surface area contributed by atoms with Crippen molar-refractivity contribution in [3.63, 3.8) is 0 Å². The summed E-state index contributed by atoms with van der Waals surface area (Å²) in [5.41, 5.74) is 5.12. The smallest absolute Gasteiger partial charge is 0.267 e. The first kappa shape index (κ1) is 20.7. The molecule has 0 atom stereocenters. The Morgan fingerprint density at radius 3 is 2.36 bits per heavy atom. The number of methoxy groups -OCH3 is 2. The van der Waals surface area contributed by atoms with Crippen molar-refractivity contribution in [1.82, 2.24) is 14.8 Å². The third kappa shape index (κ3) is 2.98. The van der Waals surface area contributed by atoms with E-state index in [0.29, 0.717) is 39.5 Å². The quantitative estimate of drug-likeness (QED) is 0.441. The van der Waals surface area contributed by atoms with Crippen LogP contribution in [0.5, 0.6) is 11.5 Å². The zero-order valence-electron chi connectivity index (χ0n) is 19.0. The molecule has 3 heterocycles. The summed E-state index contributed by atoms with van der Waals surface area (Å²) in [7, 11) is 3.01. The van der Waals surface area contributed by atoms with Crippen LogP contribution in [0.2, 0.25) is 0 Å². The standard InChI is InChI=1S/C25H22N4O4/c1-13-6-7-16(10-14(13)2)29-23-21(15(3)27-29)22-18(12-26-23)24(30)28(25(22)31)19-11-17(32-4)8-9-20(19)33-5/h6-12H,1-5H3. The highest BCUT2D eigenvalue weighted by Crippen LogP contribution is 2.39. The maximum absolute atomic E-state index is 13.6. The number of carbonyl (C=O) groups is 2. The van der Waals surface area contributed by atoms with Crippen LogP contribution >= 0.6 is 0 Å². The van der Waals surface area contributed by atoms with E-state index in [1.54, 1.807) is 22.9 Å². The van der Waals surface area contributed by atoms with Gasteiger partial charge in [0.15, 0.2) is 5.65 Å². The Bertz CT molecular complexity index is 1470. The Labute approximate surface area is 190 Å². The Morgan fingerprint density at radius 2 is 1.67 bits per heavy atom. The van der Waals surface area contributed by atoms with Crippen LogP contribution in [0.3, 0.4) is 0 Å². The van der Waals surface area contributed by atoms with E-state index >= 15 is 0 Å². The van der Waals surface area contributed by atoms with Gasteiger partial charge in [0, 0.05) is 12.3 Å². The van der Waals surface area contributed by atoms with Gasteiger partial charge in [0.2, 0.25) is 0 Å². The molecule has 0 N–H and O–H groups in total. The van der Waals surface area contributed by atoms with Gasteiger partial charge in [0.05, 0.1) is 47.8 Å². The molecule has 1 aliphatic rings. The third-order valence-corrected chi connectivity index (χ3v) is 6.08. The highest BCUT2D eigenvalue weighted by atomic mass is 16.5. The van der Waals surface area contributed by atoms with E-state index in [9.17, 15) is 9.59 Å². The lowest BCUT2D eigenvalue weighted by atomic mass is 10.1. The topological polar surface area (TPSA) is 86.6 Å². The first-order chi connectivity index (χ1) is 15.8. The minimum Gasteiger partial charge on any atom is -0.497 e. The number of anilines is 1. The second kappa shape index (κ2) is 7.44. The highest BCUT2D eigenvalue weighted by molar-refractivity contribution is 6.37. The van der Waals surface area contributed by atoms with E-state index < -0.39 is 11.8 Å². The first-order valence-electron chi connectivity index (χ1n) is 10.4. The molecule has 33 heavy (non-hydrogen) atoms. The molecule has 5 rings (SSSR count). The van der Waals surface area contributed by atoms with Crippen molar-refractivity contribution in [2.75, 3.05) is 19.1 Å². The van der Waals surface area contributed by atoms with E-state index in [-0.39, 0.29) is 5.56 Å². The second-order valence-electron chi connectivity index (χ2n) is 7.99. The summed E-state index contributed by atoms with van der Waals surface area (Å²) >= 11 is 0. The molecule has 0 bridgehead atoms. The fourth-order valence-corrected chi connectivity index (χ4v) is 4.19. The van der Waals surface area contributed by atoms with Gasteiger partial charge in [-0.1, -0.05) is 6.07 Å². The van der Waals surface area contributed by atoms with Crippen LogP contribution in [0, 0.1) is 20.8 Å². The lowest BCUT2D eigenvalue weighted by Crippen LogP contribution is -2.29. The van der Waals surface area contributed by atoms with Crippen LogP contribution < -0.4 is 14.4 Å². The summed E-state index contributed by atoms with van der Waals surface area (Å²) in [6.07, 6.45) is 1.45. The largest absolute Gasteiger partial charge is 0.497 e. The number of rotatable bonds is 4. The summed E-state index contributed by atoms with van der Waals surface area (Å²) < 4.78 is 12.4. The van der Waals surface area contributed by atoms with E-state index in [4.69, 9.17) is 9.47 Å². The Hall–Kier alpha value is -4.20. The highest BCUT2D eigenvalue weighted by Gasteiger charge is 2.41. The molecule has 1 aliphatic heterocycles. The molecule has 2 amide bonds. The fourth-order valence-electron chi connectivity index (χ4n) is 4.19. The van der Waals surface area contributed by atoms with Gasteiger partial charge in [0.25, 0.3) is 11.8 Å². The lowest BCUT2D eigenvalue weighted by molar-refractivity contribution is 0.0925. The molecule has 0 fully saturated rings. The van der Waals surface area contributed by atoms with Crippen LogP contribution in [0.1, 0.15) is 37.5 Å². The van der Waals surface area contributed by atoms with E-state index in [2.05, 4.69) is 10.1 Å². The van der Waals surface area contributed by atoms with Crippen LogP contribution in [0.25, 0.3) is 16.7 Å². The summed E-state index contributed by atoms with van der Waals surface area (Å²) in [4.78, 5) is 32.6. The number of aryl methyl sites for hydroxylation is 3. The Balaban J connectivity index is 1.70. The molecule has 8 heteroatoms. The maximum atomic E-state index is 13.6. The molecular formula is C25H22N4O4. The molecule has 166 valence electrons. The predicted molar refractivity (Wildman–Crippen MR) is 124 cm³/mol. The number of amides is 2. The maximum Gasteiger partial charge on any atom is 0.267 e. The first-order valence-corrected chi connectivity index (χ1v) is 10.4. The molecular weight excluding hydrogens is 420 g/mol. The van der Waals surface area contributed by atoms with Crippen LogP contribution in [0.15, 0.2) is 42.6 Å². The van der Waals surface area contributed by atoms with E-state index in [0.717, 1.165) is 16.2 Å². The molecule has 0 unspecified atom stereocenters. The molecule has 0 saturated heterocycles. The van der Waals surface area contributed by atoms with Gasteiger partial charge in [-0.05, 0) is 56.2 Å². The van der Waals surface area contributed by atoms with Gasteiger partial charge in [-0.3, -0.25) is 9.59 Å². The predicted octanol–water partition coefficient (Wildman–Crippen LogP) is 4.16. The SMILES string of the molecule is COc1ccc(OC)c(N2C(=O)c3cnc4c(c(C)nn4-c4ccc(C)c(C)c4)c3C2=O)c1. The number of benzene rings is 2. The molecule has 0 saturated carbocycles. The third-order valence-electron chi connectivity index (χ3n) is 6.08. The number of imide groups is 1. The number of carbonyl (C=O) groups excluding carboxylic acids is 2. The van der Waals surface area contributed by atoms with Crippen molar-refractivity contribution in [1.29, 1.82) is 0 Å². The monoisotopic (exact) mass is 442 g/mol. The van der Waals surface area contributed by atoms with Crippen LogP contribution in [0.4, 0.5) is 5.69 Å². The average molecular weight is 442 g/mol. The molecule has 4 aromatic rings. The molecule has 2 aromatic heterocycles. The van der Waals surface area contributed by atoms with Crippen molar-refractivity contribution in [2.45, 2.75) is 20.8 Å². The van der Waals surface area contributed by atoms with Gasteiger partial charge < -0.3 is 9.47 Å². The summed E-state index contributed by atoms with van der Waals surface area (Å²) in [5, 5.41) is 5.22. The Morgan fingerprint density at radius 1 is 0.879 bits per heavy atom. The number of hydrogen-bond acceptors (Lipinski definition) is 6. The lowest BCUT2D eigenvalue weighted by Gasteiger charge is -2.18. The summed E-state index contributed by atoms with van der Waals surface area (Å²) in [5.74, 6) is -0.0209. The van der Waals surface area contributed by atoms with Gasteiger partial charge in [0.1, 0.15) is 11.5 Å². The average Bonchev–Trinajstić information content (AvgIpc) is 3.28. The molecule has 0 aliphatic carbocycles. The van der Waals surface area contributed by atoms with E-state index in [1.807, 2.05) is 39.0 Å². The zero-order chi connectivity index (χ0) is 23.4. The van der Waals surface area contributed by atoms with Gasteiger partial charge in [-0.2, -0.15) is 5.10 Å². The van der Waals surface area contributed by atoms with Crippen molar-refractivity contribution >= 4 is 28.5 Å². The fraction of sp³-hybridized carbons (Fsp3) is 0.200. The van der Waals surface area contributed by atoms with Crippen molar-refractivity contribution in [2.24, 2.45) is 0 Å². The number of ether oxygens (including phenoxy) is 2. The van der Waals surface area contributed by atoms with Crippen molar-refractivity contribution < 1.29 is 19.1 Å². The second-order valence-corrected chi connectivity index (χ2v) is 7.99. The van der Waals surface area contributed by atoms with Crippen molar-refractivity contribution in [3.05, 3.63) is 70.5 Å². The number of hydrogen-bond donors (Lipinski definition) is 0. The van der Waals surface area contributed by atoms with Crippen LogP contribution in [-0.2, 0) is 0 Å². The van der Waals surface area contributed by atoms with Gasteiger partial charge in [-0.15, -0.1) is 0 Å². The molecule has 8 nitrogen and oxygen atoms in total. The van der Waals surface area contributed by atoms with E-state index in [1.165, 1.54) is 26.0 Å². The number of aromatic nitrogens is 3. The van der Waals surface area contributed by atoms with Crippen LogP contribution in [-0.4, -0.2) is 40.8 Å². The van der Waals surface area contributed by atoms with Gasteiger partial charge >= 0.3 is 0 Å². The van der Waals surface area contributed by atoms with Gasteiger partial charge in [-0.25, -0.2) is 14.6 Å². The number of fused-ring (bicyclic) bond motifs is 3. The molecule has 0 spiro atoms. The zero-order valence-corrected chi connectivity index (χ0v) is 19.0. The number of nitrogens with zero attached hydrogens (tertiary/aromatic N) is 4. The minimum absolute atomic E-state index is 0.236. The summed E-state index contributed by atoms with van der Waals surface area (Å²) in [6.45, 7) is 5.89. The van der Waals surface area contributed by atoms with Crippen molar-refractivity contribution in [3.8, 4) is 17.2 Å². The Kier molecular flexibility index (Phi) is 4.67. The molecule has 2 aromatic carbocycles. The molecule has 0 radical (unpaired) electrons. The number of pyridine rings is 1. The summed E-state index contributed by atoms with van der Waals surface area (Å²) in [6, 6.07) is 11.0. The normalized spacial score (nSPS) is 13.1.